The smallest absolute Gasteiger partial charge is 0.255 e. The zero-order valence-corrected chi connectivity index (χ0v) is 11.6. The number of benzene rings is 1. The Hall–Kier alpha value is -1.39. The third-order valence-electron chi connectivity index (χ3n) is 3.71. The number of carbonyl (C=O) groups is 1. The van der Waals surface area contributed by atoms with Gasteiger partial charge < -0.3 is 0 Å². The fraction of sp³-hybridized carbons (Fsp3) is 0.500. The number of nitrogens with two attached hydrogens (primary N) is 1. The number of hydrogen-bond donors (Lipinski definition) is 2. The third-order valence-corrected chi connectivity index (χ3v) is 3.71. The van der Waals surface area contributed by atoms with Gasteiger partial charge in [0.05, 0.1) is 0 Å². The maximum atomic E-state index is 12.0. The fourth-order valence-electron chi connectivity index (χ4n) is 1.86. The van der Waals surface area contributed by atoms with E-state index in [2.05, 4.69) is 31.1 Å². The number of carbonyl (C=O) groups excluding carboxylic acids is 1. The first-order valence-electron chi connectivity index (χ1n) is 6.22. The van der Waals surface area contributed by atoms with Gasteiger partial charge in [0, 0.05) is 5.54 Å². The molecular weight excluding hydrogens is 226 g/mol. The minimum Gasteiger partial charge on any atom is -0.293 e. The van der Waals surface area contributed by atoms with Crippen molar-refractivity contribution in [3.05, 3.63) is 35.9 Å². The van der Waals surface area contributed by atoms with E-state index in [0.29, 0.717) is 0 Å². The van der Waals surface area contributed by atoms with Gasteiger partial charge in [0.25, 0.3) is 5.91 Å². The second kappa shape index (κ2) is 5.98. The van der Waals surface area contributed by atoms with Crippen LogP contribution < -0.4 is 11.3 Å². The zero-order valence-electron chi connectivity index (χ0n) is 11.6. The number of rotatable bonds is 5. The highest BCUT2D eigenvalue weighted by Gasteiger charge is 2.33. The van der Waals surface area contributed by atoms with Crippen LogP contribution in [0.15, 0.2) is 30.3 Å². The summed E-state index contributed by atoms with van der Waals surface area (Å²) in [6, 6.07) is 9.32. The molecule has 0 aromatic heterocycles. The number of hydrogen-bond acceptors (Lipinski definition) is 3. The Kier molecular flexibility index (Phi) is 4.87. The molecule has 0 aliphatic heterocycles. The summed E-state index contributed by atoms with van der Waals surface area (Å²) in [6.45, 7) is 6.35. The summed E-state index contributed by atoms with van der Waals surface area (Å²) >= 11 is 0. The predicted octanol–water partition coefficient (Wildman–Crippen LogP) is 1.84. The van der Waals surface area contributed by atoms with Crippen LogP contribution in [0.2, 0.25) is 0 Å². The van der Waals surface area contributed by atoms with Crippen molar-refractivity contribution in [2.24, 2.45) is 5.84 Å². The van der Waals surface area contributed by atoms with Crippen LogP contribution in [0.3, 0.4) is 0 Å². The molecule has 18 heavy (non-hydrogen) atoms. The molecule has 4 nitrogen and oxygen atoms in total. The molecule has 0 bridgehead atoms. The Morgan fingerprint density at radius 2 is 1.94 bits per heavy atom. The van der Waals surface area contributed by atoms with Crippen molar-refractivity contribution in [2.75, 3.05) is 7.05 Å². The van der Waals surface area contributed by atoms with Gasteiger partial charge in [-0.1, -0.05) is 37.3 Å². The first-order chi connectivity index (χ1) is 8.44. The maximum absolute atomic E-state index is 12.0. The van der Waals surface area contributed by atoms with Crippen molar-refractivity contribution in [3.8, 4) is 0 Å². The standard InChI is InChI=1S/C14H23N3O/c1-5-14(2,3)17(4)12(13(18)16-15)11-9-7-6-8-10-11/h6-10,12H,5,15H2,1-4H3,(H,16,18). The molecule has 4 heteroatoms. The molecule has 1 aromatic rings. The lowest BCUT2D eigenvalue weighted by Gasteiger charge is -2.39. The van der Waals surface area contributed by atoms with Crippen molar-refractivity contribution in [2.45, 2.75) is 38.8 Å². The average Bonchev–Trinajstić information content (AvgIpc) is 2.39. The lowest BCUT2D eigenvalue weighted by Crippen LogP contribution is -2.49. The molecule has 1 aromatic carbocycles. The van der Waals surface area contributed by atoms with Crippen LogP contribution in [0.5, 0.6) is 0 Å². The van der Waals surface area contributed by atoms with Crippen LogP contribution in [0, 0.1) is 0 Å². The summed E-state index contributed by atoms with van der Waals surface area (Å²) in [5.74, 6) is 5.12. The lowest BCUT2D eigenvalue weighted by atomic mass is 9.94. The Morgan fingerprint density at radius 1 is 1.39 bits per heavy atom. The molecule has 1 amide bonds. The Bertz CT molecular complexity index is 389. The second-order valence-electron chi connectivity index (χ2n) is 5.10. The number of nitrogens with zero attached hydrogens (tertiary/aromatic N) is 1. The van der Waals surface area contributed by atoms with Gasteiger partial charge in [-0.25, -0.2) is 5.84 Å². The summed E-state index contributed by atoms with van der Waals surface area (Å²) in [5.41, 5.74) is 3.13. The monoisotopic (exact) mass is 249 g/mol. The first-order valence-corrected chi connectivity index (χ1v) is 6.22. The van der Waals surface area contributed by atoms with E-state index in [4.69, 9.17) is 5.84 Å². The van der Waals surface area contributed by atoms with Crippen LogP contribution in [-0.4, -0.2) is 23.4 Å². The van der Waals surface area contributed by atoms with Gasteiger partial charge in [0.2, 0.25) is 0 Å². The molecule has 0 radical (unpaired) electrons. The van der Waals surface area contributed by atoms with Gasteiger partial charge in [-0.3, -0.25) is 15.1 Å². The quantitative estimate of drug-likeness (QED) is 0.475. The number of nitrogens with one attached hydrogen (secondary N) is 1. The van der Waals surface area contributed by atoms with Gasteiger partial charge in [-0.05, 0) is 32.9 Å². The van der Waals surface area contributed by atoms with Gasteiger partial charge >= 0.3 is 0 Å². The van der Waals surface area contributed by atoms with E-state index in [1.54, 1.807) is 0 Å². The molecule has 0 fully saturated rings. The van der Waals surface area contributed by atoms with E-state index in [1.165, 1.54) is 0 Å². The zero-order chi connectivity index (χ0) is 13.8. The van der Waals surface area contributed by atoms with Crippen LogP contribution in [-0.2, 0) is 4.79 Å². The first kappa shape index (κ1) is 14.7. The fourth-order valence-corrected chi connectivity index (χ4v) is 1.86. The summed E-state index contributed by atoms with van der Waals surface area (Å²) < 4.78 is 0. The van der Waals surface area contributed by atoms with Gasteiger partial charge in [0.15, 0.2) is 0 Å². The molecular formula is C14H23N3O. The molecule has 0 saturated heterocycles. The van der Waals surface area contributed by atoms with Crippen LogP contribution in [0.4, 0.5) is 0 Å². The minimum atomic E-state index is -0.369. The third kappa shape index (κ3) is 3.09. The Morgan fingerprint density at radius 3 is 2.39 bits per heavy atom. The second-order valence-corrected chi connectivity index (χ2v) is 5.10. The normalized spacial score (nSPS) is 13.4. The van der Waals surface area contributed by atoms with Crippen molar-refractivity contribution in [1.82, 2.24) is 10.3 Å². The van der Waals surface area contributed by atoms with Crippen LogP contribution >= 0.6 is 0 Å². The Labute approximate surface area is 109 Å². The highest BCUT2D eigenvalue weighted by molar-refractivity contribution is 5.82. The Balaban J connectivity index is 3.11. The number of likely N-dealkylation sites (N-methyl/N-ethyl adjacent to an activating group) is 1. The van der Waals surface area contributed by atoms with Crippen molar-refractivity contribution < 1.29 is 4.79 Å². The molecule has 1 rings (SSSR count). The molecule has 0 heterocycles. The largest absolute Gasteiger partial charge is 0.293 e. The van der Waals surface area contributed by atoms with Gasteiger partial charge in [-0.2, -0.15) is 0 Å². The molecule has 1 unspecified atom stereocenters. The van der Waals surface area contributed by atoms with Crippen LogP contribution in [0.1, 0.15) is 38.8 Å². The maximum Gasteiger partial charge on any atom is 0.255 e. The van der Waals surface area contributed by atoms with Crippen molar-refractivity contribution in [3.63, 3.8) is 0 Å². The molecule has 0 spiro atoms. The summed E-state index contributed by atoms with van der Waals surface area (Å²) in [4.78, 5) is 14.1. The highest BCUT2D eigenvalue weighted by Crippen LogP contribution is 2.28. The topological polar surface area (TPSA) is 58.4 Å². The van der Waals surface area contributed by atoms with E-state index in [1.807, 2.05) is 37.4 Å². The average molecular weight is 249 g/mol. The summed E-state index contributed by atoms with van der Waals surface area (Å²) in [5, 5.41) is 0. The van der Waals surface area contributed by atoms with Crippen molar-refractivity contribution in [1.29, 1.82) is 0 Å². The van der Waals surface area contributed by atoms with E-state index < -0.39 is 0 Å². The number of amides is 1. The highest BCUT2D eigenvalue weighted by atomic mass is 16.2. The van der Waals surface area contributed by atoms with Gasteiger partial charge in [0.1, 0.15) is 6.04 Å². The van der Waals surface area contributed by atoms with Crippen LogP contribution in [0.25, 0.3) is 0 Å². The van der Waals surface area contributed by atoms with E-state index in [9.17, 15) is 4.79 Å². The van der Waals surface area contributed by atoms with E-state index in [-0.39, 0.29) is 17.5 Å². The molecule has 0 saturated carbocycles. The predicted molar refractivity (Wildman–Crippen MR) is 73.6 cm³/mol. The summed E-state index contributed by atoms with van der Waals surface area (Å²) in [6.07, 6.45) is 0.949. The molecule has 3 N–H and O–H groups in total. The molecule has 100 valence electrons. The SMILES string of the molecule is CCC(C)(C)N(C)C(C(=O)NN)c1ccccc1. The van der Waals surface area contributed by atoms with Crippen molar-refractivity contribution >= 4 is 5.91 Å². The van der Waals surface area contributed by atoms with Gasteiger partial charge in [-0.15, -0.1) is 0 Å². The molecule has 0 aliphatic rings. The molecule has 1 atom stereocenters. The number of hydrazine groups is 1. The van der Waals surface area contributed by atoms with E-state index in [0.717, 1.165) is 12.0 Å². The summed E-state index contributed by atoms with van der Waals surface area (Å²) in [7, 11) is 1.95. The minimum absolute atomic E-state index is 0.0764. The lowest BCUT2D eigenvalue weighted by molar-refractivity contribution is -0.128. The van der Waals surface area contributed by atoms with E-state index >= 15 is 0 Å². The molecule has 0 aliphatic carbocycles.